The zero-order chi connectivity index (χ0) is 11.8. The van der Waals surface area contributed by atoms with Crippen LogP contribution in [-0.2, 0) is 9.47 Å². The number of hydrogen-bond donors (Lipinski definition) is 0. The number of fused-ring (bicyclic) bond motifs is 1. The van der Waals surface area contributed by atoms with Crippen molar-refractivity contribution in [1.82, 2.24) is 0 Å². The van der Waals surface area contributed by atoms with Crippen LogP contribution in [0.2, 0.25) is 0 Å². The fraction of sp³-hybridized carbons (Fsp3) is 0.333. The van der Waals surface area contributed by atoms with Crippen LogP contribution in [-0.4, -0.2) is 19.0 Å². The largest absolute Gasteiger partial charge is 0.345 e. The first-order valence-corrected chi connectivity index (χ1v) is 5.94. The molecule has 0 radical (unpaired) electrons. The Morgan fingerprint density at radius 3 is 2.41 bits per heavy atom. The molecule has 1 aromatic carbocycles. The Balaban J connectivity index is 1.99. The van der Waals surface area contributed by atoms with Crippen molar-refractivity contribution in [2.24, 2.45) is 0 Å². The maximum atomic E-state index is 5.69. The highest BCUT2D eigenvalue weighted by Crippen LogP contribution is 2.34. The molecule has 3 rings (SSSR count). The van der Waals surface area contributed by atoms with Crippen LogP contribution in [0.5, 0.6) is 0 Å². The van der Waals surface area contributed by atoms with Gasteiger partial charge in [-0.1, -0.05) is 42.0 Å². The number of rotatable bonds is 1. The van der Waals surface area contributed by atoms with Crippen molar-refractivity contribution < 1.29 is 9.47 Å². The third-order valence-corrected chi connectivity index (χ3v) is 3.44. The average molecular weight is 228 g/mol. The molecular weight excluding hydrogens is 212 g/mol. The van der Waals surface area contributed by atoms with E-state index in [0.717, 1.165) is 0 Å². The van der Waals surface area contributed by atoms with Gasteiger partial charge in [-0.15, -0.1) is 0 Å². The number of hydrogen-bond acceptors (Lipinski definition) is 2. The van der Waals surface area contributed by atoms with Gasteiger partial charge in [-0.25, -0.2) is 0 Å². The van der Waals surface area contributed by atoms with Gasteiger partial charge in [0.2, 0.25) is 0 Å². The van der Waals surface area contributed by atoms with Crippen LogP contribution in [0.4, 0.5) is 0 Å². The second kappa shape index (κ2) is 4.13. The molecule has 1 heterocycles. The molecule has 0 bridgehead atoms. The Morgan fingerprint density at radius 1 is 0.941 bits per heavy atom. The third-order valence-electron chi connectivity index (χ3n) is 3.44. The van der Waals surface area contributed by atoms with Crippen molar-refractivity contribution in [1.29, 1.82) is 0 Å². The summed E-state index contributed by atoms with van der Waals surface area (Å²) in [6.07, 6.45) is 4.43. The van der Waals surface area contributed by atoms with Gasteiger partial charge < -0.3 is 9.47 Å². The van der Waals surface area contributed by atoms with Crippen molar-refractivity contribution in [3.05, 3.63) is 53.1 Å². The monoisotopic (exact) mass is 228 g/mol. The van der Waals surface area contributed by atoms with Gasteiger partial charge in [0.1, 0.15) is 19.0 Å². The minimum atomic E-state index is 0.0581. The highest BCUT2D eigenvalue weighted by molar-refractivity contribution is 5.73. The van der Waals surface area contributed by atoms with E-state index in [9.17, 15) is 0 Å². The molecule has 0 N–H and O–H groups in total. The van der Waals surface area contributed by atoms with Crippen LogP contribution in [0.15, 0.2) is 42.0 Å². The summed E-state index contributed by atoms with van der Waals surface area (Å²) >= 11 is 0. The summed E-state index contributed by atoms with van der Waals surface area (Å²) in [4.78, 5) is 0. The van der Waals surface area contributed by atoms with Crippen LogP contribution in [0.25, 0.3) is 5.57 Å². The summed E-state index contributed by atoms with van der Waals surface area (Å²) in [6, 6.07) is 8.56. The lowest BCUT2D eigenvalue weighted by molar-refractivity contribution is 0.0499. The van der Waals surface area contributed by atoms with Crippen LogP contribution in [0, 0.1) is 6.92 Å². The van der Waals surface area contributed by atoms with E-state index in [1.165, 1.54) is 22.3 Å². The Labute approximate surface area is 102 Å². The van der Waals surface area contributed by atoms with Crippen molar-refractivity contribution >= 4 is 5.57 Å². The first-order chi connectivity index (χ1) is 8.25. The smallest absolute Gasteiger partial charge is 0.148 e. The van der Waals surface area contributed by atoms with E-state index >= 15 is 0 Å². The normalized spacial score (nSPS) is 27.4. The standard InChI is InChI=1S/C15H16O2/c1-10-3-6-12(7-4-10)13-8-5-11(2)14-15(13)17-9-16-14/h3-8,14-15H,9H2,1-2H3. The second-order valence-electron chi connectivity index (χ2n) is 4.69. The molecule has 0 saturated carbocycles. The minimum absolute atomic E-state index is 0.0581. The molecule has 0 spiro atoms. The predicted octanol–water partition coefficient (Wildman–Crippen LogP) is 3.08. The molecule has 2 heteroatoms. The Bertz CT molecular complexity index is 482. The molecule has 0 aromatic heterocycles. The number of aryl methyl sites for hydroxylation is 1. The molecule has 2 unspecified atom stereocenters. The van der Waals surface area contributed by atoms with E-state index in [0.29, 0.717) is 6.79 Å². The van der Waals surface area contributed by atoms with E-state index in [1.54, 1.807) is 0 Å². The Morgan fingerprint density at radius 2 is 1.65 bits per heavy atom. The minimum Gasteiger partial charge on any atom is -0.345 e. The fourth-order valence-electron chi connectivity index (χ4n) is 2.40. The molecule has 1 aliphatic carbocycles. The molecule has 1 saturated heterocycles. The van der Waals surface area contributed by atoms with Gasteiger partial charge in [-0.05, 0) is 30.6 Å². The van der Waals surface area contributed by atoms with Crippen LogP contribution in [0.1, 0.15) is 18.1 Å². The molecule has 2 atom stereocenters. The number of ether oxygens (including phenoxy) is 2. The third kappa shape index (κ3) is 1.84. The van der Waals surface area contributed by atoms with Gasteiger partial charge in [-0.2, -0.15) is 0 Å². The van der Waals surface area contributed by atoms with Gasteiger partial charge in [-0.3, -0.25) is 0 Å². The predicted molar refractivity (Wildman–Crippen MR) is 67.5 cm³/mol. The lowest BCUT2D eigenvalue weighted by Gasteiger charge is -2.24. The molecular formula is C15H16O2. The zero-order valence-corrected chi connectivity index (χ0v) is 10.1. The lowest BCUT2D eigenvalue weighted by atomic mass is 9.89. The maximum Gasteiger partial charge on any atom is 0.148 e. The van der Waals surface area contributed by atoms with Gasteiger partial charge in [0.05, 0.1) is 0 Å². The van der Waals surface area contributed by atoms with Gasteiger partial charge in [0, 0.05) is 0 Å². The summed E-state index contributed by atoms with van der Waals surface area (Å²) in [5.41, 5.74) is 4.96. The molecule has 1 fully saturated rings. The van der Waals surface area contributed by atoms with Gasteiger partial charge in [0.25, 0.3) is 0 Å². The molecule has 1 aliphatic heterocycles. The quantitative estimate of drug-likeness (QED) is 0.735. The number of allylic oxidation sites excluding steroid dienone is 2. The molecule has 17 heavy (non-hydrogen) atoms. The van der Waals surface area contributed by atoms with Crippen LogP contribution in [0.3, 0.4) is 0 Å². The van der Waals surface area contributed by atoms with Crippen LogP contribution < -0.4 is 0 Å². The van der Waals surface area contributed by atoms with Crippen LogP contribution >= 0.6 is 0 Å². The highest BCUT2D eigenvalue weighted by Gasteiger charge is 2.35. The zero-order valence-electron chi connectivity index (χ0n) is 10.1. The maximum absolute atomic E-state index is 5.69. The van der Waals surface area contributed by atoms with E-state index in [2.05, 4.69) is 50.3 Å². The topological polar surface area (TPSA) is 18.5 Å². The fourth-order valence-corrected chi connectivity index (χ4v) is 2.40. The first kappa shape index (κ1) is 10.8. The molecule has 1 aromatic rings. The first-order valence-electron chi connectivity index (χ1n) is 5.94. The van der Waals surface area contributed by atoms with Crippen molar-refractivity contribution in [2.45, 2.75) is 26.1 Å². The molecule has 2 aliphatic rings. The number of benzene rings is 1. The molecule has 0 amide bonds. The lowest BCUT2D eigenvalue weighted by Crippen LogP contribution is -2.27. The summed E-state index contributed by atoms with van der Waals surface area (Å²) < 4.78 is 11.3. The second-order valence-corrected chi connectivity index (χ2v) is 4.69. The van der Waals surface area contributed by atoms with E-state index in [4.69, 9.17) is 9.47 Å². The Hall–Kier alpha value is -1.38. The van der Waals surface area contributed by atoms with E-state index < -0.39 is 0 Å². The SMILES string of the molecule is CC1=CC=C(c2ccc(C)cc2)C2OCOC12. The summed E-state index contributed by atoms with van der Waals surface area (Å²) in [5, 5.41) is 0. The molecule has 88 valence electrons. The van der Waals surface area contributed by atoms with Crippen molar-refractivity contribution in [3.63, 3.8) is 0 Å². The molecule has 2 nitrogen and oxygen atoms in total. The Kier molecular flexibility index (Phi) is 2.61. The van der Waals surface area contributed by atoms with Gasteiger partial charge >= 0.3 is 0 Å². The average Bonchev–Trinajstić information content (AvgIpc) is 2.81. The highest BCUT2D eigenvalue weighted by atomic mass is 16.7. The summed E-state index contributed by atoms with van der Waals surface area (Å²) in [6.45, 7) is 4.58. The van der Waals surface area contributed by atoms with E-state index in [-0.39, 0.29) is 12.2 Å². The van der Waals surface area contributed by atoms with Crippen molar-refractivity contribution in [3.8, 4) is 0 Å². The van der Waals surface area contributed by atoms with Crippen molar-refractivity contribution in [2.75, 3.05) is 6.79 Å². The summed E-state index contributed by atoms with van der Waals surface area (Å²) in [7, 11) is 0. The summed E-state index contributed by atoms with van der Waals surface area (Å²) in [5.74, 6) is 0. The van der Waals surface area contributed by atoms with E-state index in [1.807, 2.05) is 0 Å². The van der Waals surface area contributed by atoms with Gasteiger partial charge in [0.15, 0.2) is 0 Å².